The topological polar surface area (TPSA) is 0 Å². The molecule has 0 aromatic carbocycles. The van der Waals surface area contributed by atoms with Gasteiger partial charge in [-0.05, 0) is 0 Å². The molecule has 0 aromatic heterocycles. The summed E-state index contributed by atoms with van der Waals surface area (Å²) < 4.78 is 78.0. The summed E-state index contributed by atoms with van der Waals surface area (Å²) in [5.74, 6) is 0. The second-order valence-electron chi connectivity index (χ2n) is 0.990. The molecular weight excluding hydrogens is 204 g/mol. The molecule has 0 rings (SSSR count). The maximum absolute atomic E-state index is 9.75. The molecule has 0 atom stereocenters. The molecule has 0 aliphatic heterocycles. The average molecular weight is 204 g/mol. The molecule has 0 aliphatic rings. The molecule has 0 heterocycles. The van der Waals surface area contributed by atoms with Crippen molar-refractivity contribution in [3.8, 4) is 0 Å². The smallest absolute Gasteiger partial charge is 0.418 e. The van der Waals surface area contributed by atoms with Gasteiger partial charge in [-0.2, -0.15) is 0 Å². The second-order valence-corrected chi connectivity index (χ2v) is 0.990. The third kappa shape index (κ3) is 847. The van der Waals surface area contributed by atoms with Crippen LogP contribution >= 0.6 is 0 Å². The monoisotopic (exact) mass is 204 g/mol. The molecule has 12 heavy (non-hydrogen) atoms. The predicted molar refractivity (Wildman–Crippen MR) is 20.4 cm³/mol. The van der Waals surface area contributed by atoms with Crippen LogP contribution in [0.25, 0.3) is 0 Å². The molecule has 0 spiro atoms. The van der Waals surface area contributed by atoms with Crippen molar-refractivity contribution in [3.05, 3.63) is 0 Å². The molecule has 0 aliphatic carbocycles. The first kappa shape index (κ1) is 23.2. The molecule has 0 fully saturated rings. The van der Waals surface area contributed by atoms with Crippen LogP contribution in [0.5, 0.6) is 0 Å². The van der Waals surface area contributed by atoms with E-state index in [0.29, 0.717) is 0 Å². The van der Waals surface area contributed by atoms with Crippen molar-refractivity contribution in [2.24, 2.45) is 0 Å². The number of rotatable bonds is 0. The van der Waals surface area contributed by atoms with Gasteiger partial charge >= 0.3 is 62.9 Å². The van der Waals surface area contributed by atoms with Crippen LogP contribution in [0.4, 0.5) is 34.5 Å². The molecule has 0 saturated heterocycles. The fourth-order valence-corrected chi connectivity index (χ4v) is 0. The Morgan fingerprint density at radius 3 is 0.500 bits per heavy atom. The Kier molecular flexibility index (Phi) is 16.9. The summed E-state index contributed by atoms with van der Waals surface area (Å²) in [5, 5.41) is 0. The Labute approximate surface area is 97.1 Å². The zero-order valence-electron chi connectivity index (χ0n) is 6.18. The minimum absolute atomic E-state index is 0. The minimum Gasteiger partial charge on any atom is -0.418 e. The summed E-state index contributed by atoms with van der Waals surface area (Å²) in [6.45, 7) is 0. The molecule has 12 heteroatoms. The first-order chi connectivity index (χ1) is 4.00. The van der Waals surface area contributed by atoms with Gasteiger partial charge < -0.3 is 34.5 Å². The van der Waals surface area contributed by atoms with Gasteiger partial charge in [-0.3, -0.25) is 0 Å². The van der Waals surface area contributed by atoms with Gasteiger partial charge in [0.25, 0.3) is 0 Å². The van der Waals surface area contributed by atoms with Gasteiger partial charge in [0.2, 0.25) is 0 Å². The number of hydrogen-bond donors (Lipinski definition) is 0. The maximum Gasteiger partial charge on any atom is 1.00 e. The zero-order valence-corrected chi connectivity index (χ0v) is 8.18. The van der Waals surface area contributed by atoms with Crippen LogP contribution in [0.1, 0.15) is 0 Å². The van der Waals surface area contributed by atoms with Crippen LogP contribution < -0.4 is 48.4 Å². The summed E-state index contributed by atoms with van der Waals surface area (Å²) in [5.41, 5.74) is 0. The van der Waals surface area contributed by atoms with E-state index in [-0.39, 0.29) is 48.4 Å². The number of halogens is 8. The third-order valence-electron chi connectivity index (χ3n) is 0. The van der Waals surface area contributed by atoms with E-state index < -0.39 is 14.5 Å². The van der Waals surface area contributed by atoms with Crippen molar-refractivity contribution < 1.29 is 82.9 Å². The normalized spacial score (nSPS) is 10.0. The fourth-order valence-electron chi connectivity index (χ4n) is 0. The summed E-state index contributed by atoms with van der Waals surface area (Å²) >= 11 is 0. The average Bonchev–Trinajstić information content (AvgIpc) is 1.12. The molecule has 0 amide bonds. The van der Waals surface area contributed by atoms with E-state index in [0.717, 1.165) is 0 Å². The van der Waals surface area contributed by atoms with E-state index in [1.807, 2.05) is 0 Å². The van der Waals surface area contributed by atoms with Crippen molar-refractivity contribution in [2.45, 2.75) is 0 Å². The van der Waals surface area contributed by atoms with E-state index in [1.54, 1.807) is 0 Å². The summed E-state index contributed by atoms with van der Waals surface area (Å²) in [6, 6.07) is 0. The van der Waals surface area contributed by atoms with E-state index in [1.165, 1.54) is 0 Å². The van der Waals surface area contributed by atoms with Gasteiger partial charge in [0.1, 0.15) is 0 Å². The Morgan fingerprint density at radius 1 is 0.500 bits per heavy atom. The fraction of sp³-hybridized carbons (Fsp3) is 0. The molecule has 0 radical (unpaired) electrons. The van der Waals surface area contributed by atoms with E-state index in [9.17, 15) is 34.5 Å². The van der Waals surface area contributed by atoms with E-state index >= 15 is 0 Å². The first-order valence-corrected chi connectivity index (χ1v) is 1.75. The quantitative estimate of drug-likeness (QED) is 0.285. The zero-order chi connectivity index (χ0) is 9.00. The summed E-state index contributed by atoms with van der Waals surface area (Å²) in [6.07, 6.45) is 0. The summed E-state index contributed by atoms with van der Waals surface area (Å²) in [7, 11) is -12.0. The molecule has 0 saturated carbocycles. The molecule has 0 N–H and O–H groups in total. The van der Waals surface area contributed by atoms with Gasteiger partial charge in [-0.1, -0.05) is 0 Å². The van der Waals surface area contributed by atoms with Crippen LogP contribution in [0, 0.1) is 0 Å². The van der Waals surface area contributed by atoms with E-state index in [4.69, 9.17) is 0 Å². The van der Waals surface area contributed by atoms with Crippen molar-refractivity contribution in [2.75, 3.05) is 0 Å². The Hall–Kier alpha value is 1.17. The Morgan fingerprint density at radius 2 is 0.500 bits per heavy atom. The van der Waals surface area contributed by atoms with Crippen molar-refractivity contribution in [1.29, 1.82) is 0 Å². The van der Waals surface area contributed by atoms with Gasteiger partial charge in [-0.25, -0.2) is 0 Å². The van der Waals surface area contributed by atoms with Crippen LogP contribution in [-0.2, 0) is 0 Å². The Balaban J connectivity index is -0.0000000457. The van der Waals surface area contributed by atoms with Crippen LogP contribution in [0.3, 0.4) is 0 Å². The maximum atomic E-state index is 9.75. The second kappa shape index (κ2) is 8.75. The predicted octanol–water partition coefficient (Wildman–Crippen LogP) is -3.39. The van der Waals surface area contributed by atoms with Crippen molar-refractivity contribution in [3.63, 3.8) is 0 Å². The number of hydrogen-bond acceptors (Lipinski definition) is 0. The Bertz CT molecular complexity index is 60.0. The van der Waals surface area contributed by atoms with Crippen LogP contribution in [0.15, 0.2) is 0 Å². The molecule has 0 nitrogen and oxygen atoms in total. The van der Waals surface area contributed by atoms with Gasteiger partial charge in [0.05, 0.1) is 0 Å². The van der Waals surface area contributed by atoms with Crippen LogP contribution in [-0.4, -0.2) is 14.5 Å². The molecule has 64 valence electrons. The molecule has 0 aromatic rings. The minimum atomic E-state index is -6.00. The van der Waals surface area contributed by atoms with Crippen LogP contribution in [0.2, 0.25) is 0 Å². The van der Waals surface area contributed by atoms with E-state index in [2.05, 4.69) is 0 Å². The standard InChI is InChI=1S/2BF4.Li.Na/c2*2-1(3,4)5;;/q2*-1;2*+1. The third-order valence-corrected chi connectivity index (χ3v) is 0. The molecule has 0 unspecified atom stereocenters. The van der Waals surface area contributed by atoms with Crippen molar-refractivity contribution >= 4 is 14.5 Å². The SMILES string of the molecule is F[B-](F)(F)F.F[B-](F)(F)F.[Li+].[Na+]. The van der Waals surface area contributed by atoms with Gasteiger partial charge in [-0.15, -0.1) is 0 Å². The molecule has 0 bridgehead atoms. The molecular formula is B2F8LiNa. The van der Waals surface area contributed by atoms with Gasteiger partial charge in [0, 0.05) is 0 Å². The summed E-state index contributed by atoms with van der Waals surface area (Å²) in [4.78, 5) is 0. The van der Waals surface area contributed by atoms with Gasteiger partial charge in [0.15, 0.2) is 0 Å². The van der Waals surface area contributed by atoms with Crippen molar-refractivity contribution in [1.82, 2.24) is 0 Å². The largest absolute Gasteiger partial charge is 1.00 e. The first-order valence-electron chi connectivity index (χ1n) is 1.75.